The van der Waals surface area contributed by atoms with Crippen LogP contribution < -0.4 is 0 Å². The van der Waals surface area contributed by atoms with Gasteiger partial charge in [0, 0.05) is 22.3 Å². The molecule has 76 valence electrons. The topological polar surface area (TPSA) is 17.1 Å². The molecule has 0 aromatic heterocycles. The van der Waals surface area contributed by atoms with E-state index >= 15 is 0 Å². The van der Waals surface area contributed by atoms with Crippen LogP contribution in [0.1, 0.15) is 6.42 Å². The SMILES string of the molecule is O=S1CC2=CC3=CC=CC=C(C=C2C1)C3. The van der Waals surface area contributed by atoms with Crippen LogP contribution in [0.15, 0.2) is 58.7 Å². The molecular weight excluding hydrogens is 204 g/mol. The van der Waals surface area contributed by atoms with Crippen LogP contribution in [0.3, 0.4) is 0 Å². The largest absolute Gasteiger partial charge is 0.259 e. The Morgan fingerprint density at radius 1 is 0.933 bits per heavy atom. The van der Waals surface area contributed by atoms with E-state index in [0.717, 1.165) is 17.9 Å². The average Bonchev–Trinajstić information content (AvgIpc) is 2.41. The monoisotopic (exact) mass is 216 g/mol. The zero-order valence-electron chi connectivity index (χ0n) is 8.40. The molecule has 2 bridgehead atoms. The van der Waals surface area contributed by atoms with E-state index in [1.54, 1.807) is 0 Å². The van der Waals surface area contributed by atoms with E-state index in [9.17, 15) is 4.21 Å². The minimum absolute atomic E-state index is 0.675. The Morgan fingerprint density at radius 2 is 1.47 bits per heavy atom. The number of allylic oxidation sites excluding steroid dienone is 8. The van der Waals surface area contributed by atoms with Crippen LogP contribution in [0.25, 0.3) is 0 Å². The normalized spacial score (nSPS) is 24.5. The van der Waals surface area contributed by atoms with Gasteiger partial charge in [-0.15, -0.1) is 0 Å². The zero-order chi connectivity index (χ0) is 10.3. The minimum Gasteiger partial charge on any atom is -0.259 e. The lowest BCUT2D eigenvalue weighted by molar-refractivity contribution is 0.688. The maximum absolute atomic E-state index is 11.5. The summed E-state index contributed by atoms with van der Waals surface area (Å²) in [6.07, 6.45) is 13.9. The highest BCUT2D eigenvalue weighted by molar-refractivity contribution is 7.85. The molecule has 0 spiro atoms. The van der Waals surface area contributed by atoms with Gasteiger partial charge in [-0.2, -0.15) is 0 Å². The van der Waals surface area contributed by atoms with Gasteiger partial charge in [-0.3, -0.25) is 4.21 Å². The predicted molar refractivity (Wildman–Crippen MR) is 64.0 cm³/mol. The summed E-state index contributed by atoms with van der Waals surface area (Å²) in [5.41, 5.74) is 5.21. The molecule has 3 rings (SSSR count). The molecule has 0 aromatic carbocycles. The second-order valence-corrected chi connectivity index (χ2v) is 5.57. The maximum Gasteiger partial charge on any atom is 0.0492 e. The average molecular weight is 216 g/mol. The highest BCUT2D eigenvalue weighted by Gasteiger charge is 2.22. The minimum atomic E-state index is -0.675. The first-order valence-corrected chi connectivity index (χ1v) is 6.63. The molecule has 0 amide bonds. The lowest BCUT2D eigenvalue weighted by atomic mass is 10.1. The van der Waals surface area contributed by atoms with E-state index in [1.807, 2.05) is 0 Å². The van der Waals surface area contributed by atoms with Gasteiger partial charge in [0.05, 0.1) is 0 Å². The van der Waals surface area contributed by atoms with Gasteiger partial charge < -0.3 is 0 Å². The maximum atomic E-state index is 11.5. The highest BCUT2D eigenvalue weighted by Crippen LogP contribution is 2.31. The van der Waals surface area contributed by atoms with Gasteiger partial charge in [-0.05, 0) is 28.7 Å². The number of hydrogen-bond acceptors (Lipinski definition) is 1. The molecule has 1 aliphatic heterocycles. The Balaban J connectivity index is 2.15. The summed E-state index contributed by atoms with van der Waals surface area (Å²) in [7, 11) is -0.675. The first kappa shape index (κ1) is 9.10. The molecule has 0 saturated carbocycles. The van der Waals surface area contributed by atoms with Crippen molar-refractivity contribution in [2.24, 2.45) is 0 Å². The summed E-state index contributed by atoms with van der Waals surface area (Å²) < 4.78 is 11.5. The van der Waals surface area contributed by atoms with Crippen molar-refractivity contribution in [2.45, 2.75) is 6.42 Å². The van der Waals surface area contributed by atoms with Crippen LogP contribution in [0, 0.1) is 0 Å². The van der Waals surface area contributed by atoms with E-state index in [1.165, 1.54) is 22.3 Å². The van der Waals surface area contributed by atoms with Crippen molar-refractivity contribution < 1.29 is 4.21 Å². The molecule has 0 unspecified atom stereocenters. The second-order valence-electron chi connectivity index (χ2n) is 4.11. The van der Waals surface area contributed by atoms with Gasteiger partial charge in [0.15, 0.2) is 0 Å². The Kier molecular flexibility index (Phi) is 2.10. The summed E-state index contributed by atoms with van der Waals surface area (Å²) in [6, 6.07) is 0. The van der Waals surface area contributed by atoms with E-state index < -0.39 is 10.8 Å². The van der Waals surface area contributed by atoms with E-state index in [2.05, 4.69) is 36.5 Å². The van der Waals surface area contributed by atoms with Gasteiger partial charge in [0.1, 0.15) is 0 Å². The molecule has 3 aliphatic rings. The molecule has 15 heavy (non-hydrogen) atoms. The summed E-state index contributed by atoms with van der Waals surface area (Å²) in [5.74, 6) is 1.47. The lowest BCUT2D eigenvalue weighted by Crippen LogP contribution is -1.89. The molecule has 0 atom stereocenters. The van der Waals surface area contributed by atoms with Crippen molar-refractivity contribution in [3.8, 4) is 0 Å². The lowest BCUT2D eigenvalue weighted by Gasteiger charge is -1.98. The van der Waals surface area contributed by atoms with Crippen molar-refractivity contribution in [2.75, 3.05) is 11.5 Å². The van der Waals surface area contributed by atoms with Crippen LogP contribution in [-0.4, -0.2) is 15.7 Å². The van der Waals surface area contributed by atoms with Gasteiger partial charge in [0.2, 0.25) is 0 Å². The molecule has 1 fully saturated rings. The molecule has 1 heterocycles. The number of hydrogen-bond donors (Lipinski definition) is 0. The molecule has 1 nitrogen and oxygen atoms in total. The van der Waals surface area contributed by atoms with Gasteiger partial charge in [-0.1, -0.05) is 36.5 Å². The Hall–Kier alpha value is -1.15. The van der Waals surface area contributed by atoms with Crippen LogP contribution in [0.4, 0.5) is 0 Å². The van der Waals surface area contributed by atoms with E-state index in [-0.39, 0.29) is 0 Å². The molecule has 0 radical (unpaired) electrons. The van der Waals surface area contributed by atoms with Crippen molar-refractivity contribution in [3.05, 3.63) is 58.7 Å². The van der Waals surface area contributed by atoms with Crippen molar-refractivity contribution in [1.82, 2.24) is 0 Å². The summed E-state index contributed by atoms with van der Waals surface area (Å²) in [4.78, 5) is 0. The highest BCUT2D eigenvalue weighted by atomic mass is 32.2. The van der Waals surface area contributed by atoms with Crippen LogP contribution in [-0.2, 0) is 10.8 Å². The third-order valence-electron chi connectivity index (χ3n) is 2.90. The molecule has 0 aromatic rings. The Morgan fingerprint density at radius 3 is 2.00 bits per heavy atom. The van der Waals surface area contributed by atoms with E-state index in [4.69, 9.17) is 0 Å². The molecule has 1 saturated heterocycles. The third-order valence-corrected chi connectivity index (χ3v) is 4.17. The fourth-order valence-electron chi connectivity index (χ4n) is 2.21. The molecule has 0 N–H and O–H groups in total. The van der Waals surface area contributed by atoms with Crippen molar-refractivity contribution in [3.63, 3.8) is 0 Å². The molecule has 2 heteroatoms. The fourth-order valence-corrected chi connectivity index (χ4v) is 3.54. The Bertz CT molecular complexity index is 445. The van der Waals surface area contributed by atoms with Crippen molar-refractivity contribution >= 4 is 10.8 Å². The van der Waals surface area contributed by atoms with Crippen LogP contribution >= 0.6 is 0 Å². The second kappa shape index (κ2) is 3.46. The summed E-state index contributed by atoms with van der Waals surface area (Å²) in [6.45, 7) is 0. The smallest absolute Gasteiger partial charge is 0.0492 e. The third kappa shape index (κ3) is 1.70. The van der Waals surface area contributed by atoms with Crippen LogP contribution in [0.5, 0.6) is 0 Å². The molecule has 2 aliphatic carbocycles. The quantitative estimate of drug-likeness (QED) is 0.608. The van der Waals surface area contributed by atoms with Gasteiger partial charge >= 0.3 is 0 Å². The first-order chi connectivity index (χ1) is 7.31. The van der Waals surface area contributed by atoms with E-state index in [0.29, 0.717) is 0 Å². The predicted octanol–water partition coefficient (Wildman–Crippen LogP) is 2.43. The number of fused-ring (bicyclic) bond motifs is 3. The van der Waals surface area contributed by atoms with Gasteiger partial charge in [-0.25, -0.2) is 0 Å². The van der Waals surface area contributed by atoms with Gasteiger partial charge in [0.25, 0.3) is 0 Å². The summed E-state index contributed by atoms with van der Waals surface area (Å²) in [5, 5.41) is 0. The molecular formula is C13H12OS. The van der Waals surface area contributed by atoms with Crippen LogP contribution in [0.2, 0.25) is 0 Å². The zero-order valence-corrected chi connectivity index (χ0v) is 9.22. The summed E-state index contributed by atoms with van der Waals surface area (Å²) >= 11 is 0. The van der Waals surface area contributed by atoms with Crippen molar-refractivity contribution in [1.29, 1.82) is 0 Å². The fraction of sp³-hybridized carbons (Fsp3) is 0.231. The Labute approximate surface area is 92.0 Å². The standard InChI is InChI=1S/C13H12OS/c14-15-8-12-6-10-3-1-2-4-11(5-10)7-13(12)9-15/h1-4,6-7H,5,8-9H2. The first-order valence-electron chi connectivity index (χ1n) is 5.14. The number of rotatable bonds is 0.